The fourth-order valence-electron chi connectivity index (χ4n) is 3.43. The number of amides is 1. The van der Waals surface area contributed by atoms with Gasteiger partial charge < -0.3 is 14.2 Å². The molecule has 5 heteroatoms. The largest absolute Gasteiger partial charge is 0.441 e. The van der Waals surface area contributed by atoms with Crippen LogP contribution in [0.4, 0.5) is 5.69 Å². The van der Waals surface area contributed by atoms with Crippen molar-refractivity contribution in [3.05, 3.63) is 72.2 Å². The lowest BCUT2D eigenvalue weighted by Crippen LogP contribution is -2.32. The molecule has 0 radical (unpaired) electrons. The van der Waals surface area contributed by atoms with Gasteiger partial charge in [0.25, 0.3) is 0 Å². The van der Waals surface area contributed by atoms with Crippen LogP contribution in [0, 0.1) is 6.92 Å². The van der Waals surface area contributed by atoms with Crippen LogP contribution < -0.4 is 4.90 Å². The van der Waals surface area contributed by atoms with E-state index in [1.165, 1.54) is 5.56 Å². The van der Waals surface area contributed by atoms with E-state index in [1.54, 1.807) is 6.20 Å². The van der Waals surface area contributed by atoms with E-state index < -0.39 is 0 Å². The van der Waals surface area contributed by atoms with E-state index in [9.17, 15) is 4.79 Å². The number of rotatable bonds is 4. The first-order valence-corrected chi connectivity index (χ1v) is 9.28. The van der Waals surface area contributed by atoms with Crippen LogP contribution in [-0.4, -0.2) is 35.4 Å². The Morgan fingerprint density at radius 2 is 1.78 bits per heavy atom. The van der Waals surface area contributed by atoms with E-state index >= 15 is 0 Å². The average Bonchev–Trinajstić information content (AvgIpc) is 3.05. The van der Waals surface area contributed by atoms with Crippen LogP contribution in [0.3, 0.4) is 0 Å². The van der Waals surface area contributed by atoms with Crippen molar-refractivity contribution in [3.63, 3.8) is 0 Å². The van der Waals surface area contributed by atoms with Crippen molar-refractivity contribution in [1.29, 1.82) is 0 Å². The van der Waals surface area contributed by atoms with Crippen molar-refractivity contribution in [2.75, 3.05) is 24.5 Å². The second kappa shape index (κ2) is 7.66. The van der Waals surface area contributed by atoms with Gasteiger partial charge in [0.1, 0.15) is 0 Å². The zero-order valence-corrected chi connectivity index (χ0v) is 15.5. The van der Waals surface area contributed by atoms with Crippen molar-refractivity contribution in [3.8, 4) is 11.3 Å². The molecule has 1 fully saturated rings. The van der Waals surface area contributed by atoms with Gasteiger partial charge >= 0.3 is 0 Å². The minimum Gasteiger partial charge on any atom is -0.441 e. The molecule has 0 saturated carbocycles. The third-order valence-corrected chi connectivity index (χ3v) is 4.94. The number of hydrogen-bond donors (Lipinski definition) is 0. The zero-order chi connectivity index (χ0) is 18.6. The first kappa shape index (κ1) is 17.3. The Hall–Kier alpha value is -3.08. The molecule has 2 aromatic carbocycles. The van der Waals surface area contributed by atoms with E-state index in [-0.39, 0.29) is 5.91 Å². The maximum atomic E-state index is 12.5. The normalized spacial score (nSPS) is 15.1. The highest BCUT2D eigenvalue weighted by Crippen LogP contribution is 2.25. The number of hydrogen-bond acceptors (Lipinski definition) is 4. The number of aromatic nitrogens is 1. The standard InChI is InChI=1S/C22H23N3O2/c1-17-23-15-21(27-17)19-7-9-20(10-8-19)24-12-11-22(26)25(14-13-24)16-18-5-3-2-4-6-18/h2-10,15H,11-14,16H2,1H3. The molecule has 0 unspecified atom stereocenters. The van der Waals surface area contributed by atoms with Gasteiger partial charge in [0, 0.05) is 50.8 Å². The molecule has 5 nitrogen and oxygen atoms in total. The maximum absolute atomic E-state index is 12.5. The Morgan fingerprint density at radius 1 is 1.00 bits per heavy atom. The van der Waals surface area contributed by atoms with Gasteiger partial charge in [-0.2, -0.15) is 0 Å². The van der Waals surface area contributed by atoms with E-state index in [0.29, 0.717) is 18.9 Å². The summed E-state index contributed by atoms with van der Waals surface area (Å²) in [6.45, 7) is 4.83. The van der Waals surface area contributed by atoms with Gasteiger partial charge in [-0.05, 0) is 29.8 Å². The Labute approximate surface area is 159 Å². The SMILES string of the molecule is Cc1ncc(-c2ccc(N3CCC(=O)N(Cc4ccccc4)CC3)cc2)o1. The summed E-state index contributed by atoms with van der Waals surface area (Å²) in [6, 6.07) is 18.4. The van der Waals surface area contributed by atoms with Crippen molar-refractivity contribution in [2.45, 2.75) is 19.9 Å². The molecule has 0 bridgehead atoms. The summed E-state index contributed by atoms with van der Waals surface area (Å²) < 4.78 is 5.58. The van der Waals surface area contributed by atoms with Gasteiger partial charge in [0.15, 0.2) is 11.7 Å². The molecule has 1 aliphatic rings. The van der Waals surface area contributed by atoms with Gasteiger partial charge in [-0.3, -0.25) is 4.79 Å². The molecule has 0 atom stereocenters. The summed E-state index contributed by atoms with van der Waals surface area (Å²) in [5.41, 5.74) is 3.31. The highest BCUT2D eigenvalue weighted by molar-refractivity contribution is 5.77. The van der Waals surface area contributed by atoms with Crippen LogP contribution in [-0.2, 0) is 11.3 Å². The van der Waals surface area contributed by atoms with Gasteiger partial charge in [0.05, 0.1) is 6.20 Å². The molecule has 1 aliphatic heterocycles. The monoisotopic (exact) mass is 361 g/mol. The molecule has 1 amide bonds. The highest BCUT2D eigenvalue weighted by Gasteiger charge is 2.21. The van der Waals surface area contributed by atoms with Crippen molar-refractivity contribution in [2.24, 2.45) is 0 Å². The molecule has 1 saturated heterocycles. The minimum atomic E-state index is 0.218. The summed E-state index contributed by atoms with van der Waals surface area (Å²) in [5.74, 6) is 1.66. The van der Waals surface area contributed by atoms with Gasteiger partial charge in [-0.1, -0.05) is 30.3 Å². The van der Waals surface area contributed by atoms with Gasteiger partial charge in [-0.15, -0.1) is 0 Å². The lowest BCUT2D eigenvalue weighted by atomic mass is 10.1. The summed E-state index contributed by atoms with van der Waals surface area (Å²) in [6.07, 6.45) is 2.28. The van der Waals surface area contributed by atoms with Crippen LogP contribution in [0.15, 0.2) is 65.2 Å². The number of aryl methyl sites for hydroxylation is 1. The van der Waals surface area contributed by atoms with Crippen LogP contribution >= 0.6 is 0 Å². The number of carbonyl (C=O) groups is 1. The van der Waals surface area contributed by atoms with Crippen molar-refractivity contribution in [1.82, 2.24) is 9.88 Å². The summed E-state index contributed by atoms with van der Waals surface area (Å²) in [7, 11) is 0. The summed E-state index contributed by atoms with van der Waals surface area (Å²) >= 11 is 0. The first-order valence-electron chi connectivity index (χ1n) is 9.28. The number of benzene rings is 2. The number of oxazole rings is 1. The second-order valence-electron chi connectivity index (χ2n) is 6.83. The molecule has 1 aromatic heterocycles. The van der Waals surface area contributed by atoms with E-state index in [0.717, 1.165) is 36.6 Å². The number of carbonyl (C=O) groups excluding carboxylic acids is 1. The Bertz CT molecular complexity index is 903. The smallest absolute Gasteiger partial charge is 0.224 e. The van der Waals surface area contributed by atoms with E-state index in [1.807, 2.05) is 42.2 Å². The predicted octanol–water partition coefficient (Wildman–Crippen LogP) is 3.89. The second-order valence-corrected chi connectivity index (χ2v) is 6.83. The van der Waals surface area contributed by atoms with E-state index in [4.69, 9.17) is 4.42 Å². The average molecular weight is 361 g/mol. The van der Waals surface area contributed by atoms with Crippen LogP contribution in [0.5, 0.6) is 0 Å². The van der Waals surface area contributed by atoms with Gasteiger partial charge in [-0.25, -0.2) is 4.98 Å². The molecular formula is C22H23N3O2. The molecule has 138 valence electrons. The highest BCUT2D eigenvalue weighted by atomic mass is 16.4. The molecule has 0 aliphatic carbocycles. The number of nitrogens with zero attached hydrogens (tertiary/aromatic N) is 3. The first-order chi connectivity index (χ1) is 13.2. The van der Waals surface area contributed by atoms with E-state index in [2.05, 4.69) is 34.1 Å². The Kier molecular flexibility index (Phi) is 4.92. The fraction of sp³-hybridized carbons (Fsp3) is 0.273. The maximum Gasteiger partial charge on any atom is 0.224 e. The molecule has 3 aromatic rings. The number of anilines is 1. The van der Waals surface area contributed by atoms with Crippen LogP contribution in [0.2, 0.25) is 0 Å². The molecular weight excluding hydrogens is 338 g/mol. The molecule has 2 heterocycles. The third kappa shape index (κ3) is 4.03. The summed E-state index contributed by atoms with van der Waals surface area (Å²) in [5, 5.41) is 0. The van der Waals surface area contributed by atoms with Crippen LogP contribution in [0.25, 0.3) is 11.3 Å². The molecule has 27 heavy (non-hydrogen) atoms. The quantitative estimate of drug-likeness (QED) is 0.707. The predicted molar refractivity (Wildman–Crippen MR) is 105 cm³/mol. The van der Waals surface area contributed by atoms with Crippen molar-refractivity contribution >= 4 is 11.6 Å². The molecule has 0 spiro atoms. The third-order valence-electron chi connectivity index (χ3n) is 4.94. The fourth-order valence-corrected chi connectivity index (χ4v) is 3.43. The minimum absolute atomic E-state index is 0.218. The zero-order valence-electron chi connectivity index (χ0n) is 15.5. The van der Waals surface area contributed by atoms with Crippen LogP contribution in [0.1, 0.15) is 17.9 Å². The van der Waals surface area contributed by atoms with Gasteiger partial charge in [0.2, 0.25) is 5.91 Å². The molecule has 4 rings (SSSR count). The topological polar surface area (TPSA) is 49.6 Å². The molecule has 0 N–H and O–H groups in total. The lowest BCUT2D eigenvalue weighted by molar-refractivity contribution is -0.130. The Morgan fingerprint density at radius 3 is 2.48 bits per heavy atom. The summed E-state index contributed by atoms with van der Waals surface area (Å²) in [4.78, 5) is 20.9. The lowest BCUT2D eigenvalue weighted by Gasteiger charge is -2.24. The Balaban J connectivity index is 1.43. The van der Waals surface area contributed by atoms with Crippen molar-refractivity contribution < 1.29 is 9.21 Å².